The van der Waals surface area contributed by atoms with Crippen molar-refractivity contribution in [1.29, 1.82) is 0 Å². The molecule has 21 heavy (non-hydrogen) atoms. The Hall–Kier alpha value is -2.30. The molecule has 0 spiro atoms. The molecule has 0 atom stereocenters. The van der Waals surface area contributed by atoms with E-state index < -0.39 is 0 Å². The molecule has 2 rings (SSSR count). The molecule has 2 aromatic rings. The summed E-state index contributed by atoms with van der Waals surface area (Å²) in [6.07, 6.45) is 5.17. The zero-order chi connectivity index (χ0) is 14.9. The van der Waals surface area contributed by atoms with Crippen molar-refractivity contribution in [3.8, 4) is 5.75 Å². The lowest BCUT2D eigenvalue weighted by atomic mass is 10.2. The Morgan fingerprint density at radius 1 is 1.05 bits per heavy atom. The van der Waals surface area contributed by atoms with Gasteiger partial charge in [0.1, 0.15) is 23.7 Å². The van der Waals surface area contributed by atoms with Crippen LogP contribution in [0.3, 0.4) is 0 Å². The molecule has 0 aliphatic heterocycles. The van der Waals surface area contributed by atoms with E-state index in [0.717, 1.165) is 36.0 Å². The number of anilines is 3. The summed E-state index contributed by atoms with van der Waals surface area (Å²) < 4.78 is 5.14. The van der Waals surface area contributed by atoms with E-state index in [1.54, 1.807) is 13.4 Å². The zero-order valence-electron chi connectivity index (χ0n) is 12.6. The number of methoxy groups -OCH3 is 1. The number of benzene rings is 1. The number of nitrogens with zero attached hydrogens (tertiary/aromatic N) is 2. The first-order valence-corrected chi connectivity index (χ1v) is 7.29. The number of hydrogen-bond acceptors (Lipinski definition) is 5. The standard InChI is InChI=1S/C16H22N4O/c1-3-4-5-10-17-15-11-16(19-12-18-15)20-13-6-8-14(21-2)9-7-13/h6-9,11-12H,3-5,10H2,1-2H3,(H2,17,18,19,20). The average molecular weight is 286 g/mol. The quantitative estimate of drug-likeness (QED) is 0.722. The van der Waals surface area contributed by atoms with Crippen LogP contribution in [0.25, 0.3) is 0 Å². The highest BCUT2D eigenvalue weighted by Gasteiger charge is 2.00. The summed E-state index contributed by atoms with van der Waals surface area (Å²) >= 11 is 0. The highest BCUT2D eigenvalue weighted by molar-refractivity contribution is 5.59. The lowest BCUT2D eigenvalue weighted by Gasteiger charge is -2.09. The molecule has 0 aliphatic rings. The first-order valence-electron chi connectivity index (χ1n) is 7.29. The summed E-state index contributed by atoms with van der Waals surface area (Å²) in [5.74, 6) is 2.45. The second-order valence-corrected chi connectivity index (χ2v) is 4.78. The van der Waals surface area contributed by atoms with Crippen molar-refractivity contribution >= 4 is 17.3 Å². The van der Waals surface area contributed by atoms with Crippen molar-refractivity contribution < 1.29 is 4.74 Å². The molecule has 0 fully saturated rings. The van der Waals surface area contributed by atoms with Crippen LogP contribution in [0.15, 0.2) is 36.7 Å². The molecule has 0 unspecified atom stereocenters. The number of ether oxygens (including phenoxy) is 1. The van der Waals surface area contributed by atoms with Crippen molar-refractivity contribution in [2.75, 3.05) is 24.3 Å². The largest absolute Gasteiger partial charge is 0.497 e. The molecule has 2 N–H and O–H groups in total. The Morgan fingerprint density at radius 2 is 1.81 bits per heavy atom. The molecule has 0 amide bonds. The monoisotopic (exact) mass is 286 g/mol. The molecule has 0 bridgehead atoms. The summed E-state index contributed by atoms with van der Waals surface area (Å²) in [5.41, 5.74) is 0.964. The van der Waals surface area contributed by atoms with Gasteiger partial charge in [-0.25, -0.2) is 9.97 Å². The molecule has 5 nitrogen and oxygen atoms in total. The fourth-order valence-electron chi connectivity index (χ4n) is 1.94. The Balaban J connectivity index is 1.93. The fraction of sp³-hybridized carbons (Fsp3) is 0.375. The Kier molecular flexibility index (Phi) is 5.82. The smallest absolute Gasteiger partial charge is 0.135 e. The van der Waals surface area contributed by atoms with Crippen LogP contribution in [0.2, 0.25) is 0 Å². The van der Waals surface area contributed by atoms with E-state index in [1.165, 1.54) is 12.8 Å². The maximum atomic E-state index is 5.14. The second kappa shape index (κ2) is 8.09. The first kappa shape index (κ1) is 15.1. The van der Waals surface area contributed by atoms with Crippen molar-refractivity contribution in [3.63, 3.8) is 0 Å². The summed E-state index contributed by atoms with van der Waals surface area (Å²) in [6, 6.07) is 9.64. The highest BCUT2D eigenvalue weighted by atomic mass is 16.5. The second-order valence-electron chi connectivity index (χ2n) is 4.78. The van der Waals surface area contributed by atoms with E-state index in [9.17, 15) is 0 Å². The van der Waals surface area contributed by atoms with Gasteiger partial charge in [0.2, 0.25) is 0 Å². The van der Waals surface area contributed by atoms with Gasteiger partial charge in [-0.05, 0) is 30.7 Å². The number of aromatic nitrogens is 2. The van der Waals surface area contributed by atoms with Gasteiger partial charge in [0.25, 0.3) is 0 Å². The third-order valence-corrected chi connectivity index (χ3v) is 3.12. The number of rotatable bonds is 8. The van der Waals surface area contributed by atoms with Crippen molar-refractivity contribution in [3.05, 3.63) is 36.7 Å². The normalized spacial score (nSPS) is 10.2. The summed E-state index contributed by atoms with van der Waals surface area (Å²) in [5, 5.41) is 6.56. The number of unbranched alkanes of at least 4 members (excludes halogenated alkanes) is 2. The van der Waals surface area contributed by atoms with Gasteiger partial charge in [0, 0.05) is 18.3 Å². The third-order valence-electron chi connectivity index (χ3n) is 3.12. The van der Waals surface area contributed by atoms with Gasteiger partial charge in [-0.15, -0.1) is 0 Å². The van der Waals surface area contributed by atoms with Crippen LogP contribution < -0.4 is 15.4 Å². The molecular weight excluding hydrogens is 264 g/mol. The molecule has 1 aromatic carbocycles. The van der Waals surface area contributed by atoms with Crippen molar-refractivity contribution in [1.82, 2.24) is 9.97 Å². The topological polar surface area (TPSA) is 59.1 Å². The predicted octanol–water partition coefficient (Wildman–Crippen LogP) is 3.83. The zero-order valence-corrected chi connectivity index (χ0v) is 12.6. The minimum atomic E-state index is 0.771. The molecular formula is C16H22N4O. The van der Waals surface area contributed by atoms with Crippen LogP contribution in [-0.2, 0) is 0 Å². The Morgan fingerprint density at radius 3 is 2.52 bits per heavy atom. The van der Waals surface area contributed by atoms with Gasteiger partial charge >= 0.3 is 0 Å². The van der Waals surface area contributed by atoms with E-state index in [1.807, 2.05) is 30.3 Å². The molecule has 0 saturated heterocycles. The van der Waals surface area contributed by atoms with Crippen LogP contribution >= 0.6 is 0 Å². The van der Waals surface area contributed by atoms with Gasteiger partial charge in [-0.3, -0.25) is 0 Å². The lowest BCUT2D eigenvalue weighted by molar-refractivity contribution is 0.415. The fourth-order valence-corrected chi connectivity index (χ4v) is 1.94. The summed E-state index contributed by atoms with van der Waals surface area (Å²) in [4.78, 5) is 8.45. The van der Waals surface area contributed by atoms with E-state index in [-0.39, 0.29) is 0 Å². The van der Waals surface area contributed by atoms with Crippen LogP contribution in [-0.4, -0.2) is 23.6 Å². The summed E-state index contributed by atoms with van der Waals surface area (Å²) in [6.45, 7) is 3.13. The van der Waals surface area contributed by atoms with E-state index in [4.69, 9.17) is 4.74 Å². The maximum Gasteiger partial charge on any atom is 0.135 e. The van der Waals surface area contributed by atoms with Gasteiger partial charge in [-0.1, -0.05) is 19.8 Å². The molecule has 1 aromatic heterocycles. The van der Waals surface area contributed by atoms with E-state index >= 15 is 0 Å². The Bertz CT molecular complexity index is 542. The minimum absolute atomic E-state index is 0.771. The van der Waals surface area contributed by atoms with Crippen LogP contribution in [0, 0.1) is 0 Å². The van der Waals surface area contributed by atoms with Gasteiger partial charge in [0.05, 0.1) is 7.11 Å². The molecule has 112 valence electrons. The van der Waals surface area contributed by atoms with Crippen LogP contribution in [0.4, 0.5) is 17.3 Å². The van der Waals surface area contributed by atoms with Crippen molar-refractivity contribution in [2.45, 2.75) is 26.2 Å². The van der Waals surface area contributed by atoms with Crippen LogP contribution in [0.5, 0.6) is 5.75 Å². The molecule has 0 saturated carbocycles. The first-order chi connectivity index (χ1) is 10.3. The minimum Gasteiger partial charge on any atom is -0.497 e. The predicted molar refractivity (Wildman–Crippen MR) is 86.3 cm³/mol. The lowest BCUT2D eigenvalue weighted by Crippen LogP contribution is -2.04. The molecule has 1 heterocycles. The maximum absolute atomic E-state index is 5.14. The Labute approximate surface area is 125 Å². The number of hydrogen-bond donors (Lipinski definition) is 2. The van der Waals surface area contributed by atoms with Crippen LogP contribution in [0.1, 0.15) is 26.2 Å². The molecule has 0 aliphatic carbocycles. The van der Waals surface area contributed by atoms with Gasteiger partial charge in [0.15, 0.2) is 0 Å². The van der Waals surface area contributed by atoms with Crippen molar-refractivity contribution in [2.24, 2.45) is 0 Å². The van der Waals surface area contributed by atoms with E-state index in [2.05, 4.69) is 27.5 Å². The van der Waals surface area contributed by atoms with Gasteiger partial charge < -0.3 is 15.4 Å². The summed E-state index contributed by atoms with van der Waals surface area (Å²) in [7, 11) is 1.66. The van der Waals surface area contributed by atoms with Gasteiger partial charge in [-0.2, -0.15) is 0 Å². The van der Waals surface area contributed by atoms with E-state index in [0.29, 0.717) is 0 Å². The average Bonchev–Trinajstić information content (AvgIpc) is 2.53. The molecule has 0 radical (unpaired) electrons. The number of nitrogens with one attached hydrogen (secondary N) is 2. The molecule has 5 heteroatoms. The SMILES string of the molecule is CCCCCNc1cc(Nc2ccc(OC)cc2)ncn1. The third kappa shape index (κ3) is 4.95. The highest BCUT2D eigenvalue weighted by Crippen LogP contribution is 2.19.